The monoisotopic (exact) mass is 357 g/mol. The molecule has 25 heavy (non-hydrogen) atoms. The quantitative estimate of drug-likeness (QED) is 0.757. The molecule has 1 saturated heterocycles. The van der Waals surface area contributed by atoms with Crippen LogP contribution in [0.1, 0.15) is 42.0 Å². The number of aryl methyl sites for hydroxylation is 2. The molecule has 1 fully saturated rings. The van der Waals surface area contributed by atoms with Gasteiger partial charge in [-0.3, -0.25) is 4.79 Å². The second kappa shape index (κ2) is 7.92. The fourth-order valence-corrected chi connectivity index (χ4v) is 3.63. The van der Waals surface area contributed by atoms with E-state index in [1.165, 1.54) is 5.56 Å². The Morgan fingerprint density at radius 2 is 2.00 bits per heavy atom. The summed E-state index contributed by atoms with van der Waals surface area (Å²) in [7, 11) is 1.66. The molecule has 1 amide bonds. The van der Waals surface area contributed by atoms with E-state index in [-0.39, 0.29) is 11.9 Å². The summed E-state index contributed by atoms with van der Waals surface area (Å²) in [4.78, 5) is 14.8. The van der Waals surface area contributed by atoms with Gasteiger partial charge in [0, 0.05) is 18.0 Å². The zero-order valence-electron chi connectivity index (χ0n) is 14.8. The van der Waals surface area contributed by atoms with Gasteiger partial charge < -0.3 is 9.64 Å². The highest BCUT2D eigenvalue weighted by atomic mass is 35.5. The van der Waals surface area contributed by atoms with Crippen molar-refractivity contribution in [1.29, 1.82) is 0 Å². The smallest absolute Gasteiger partial charge is 0.223 e. The number of carbonyl (C=O) groups is 1. The number of benzene rings is 2. The minimum atomic E-state index is 0.181. The minimum Gasteiger partial charge on any atom is -0.497 e. The maximum absolute atomic E-state index is 12.7. The maximum Gasteiger partial charge on any atom is 0.223 e. The van der Waals surface area contributed by atoms with Crippen molar-refractivity contribution in [3.63, 3.8) is 0 Å². The van der Waals surface area contributed by atoms with Crippen LogP contribution in [0.25, 0.3) is 0 Å². The van der Waals surface area contributed by atoms with Gasteiger partial charge in [-0.25, -0.2) is 0 Å². The molecule has 0 N–H and O–H groups in total. The molecule has 0 aromatic heterocycles. The Bertz CT molecular complexity index is 742. The number of nitrogens with zero attached hydrogens (tertiary/aromatic N) is 1. The second-order valence-electron chi connectivity index (χ2n) is 6.60. The Kier molecular flexibility index (Phi) is 5.64. The van der Waals surface area contributed by atoms with Crippen LogP contribution in [0.3, 0.4) is 0 Å². The highest BCUT2D eigenvalue weighted by molar-refractivity contribution is 6.31. The lowest BCUT2D eigenvalue weighted by Crippen LogP contribution is -2.30. The molecule has 0 spiro atoms. The van der Waals surface area contributed by atoms with Crippen LogP contribution in [0.2, 0.25) is 5.02 Å². The van der Waals surface area contributed by atoms with E-state index < -0.39 is 0 Å². The standard InChI is InChI=1S/C21H24ClNO2/c1-15-5-6-16(14-19(15)22)7-12-21(24)23-13-3-4-20(23)17-8-10-18(25-2)11-9-17/h5-6,8-11,14,20H,3-4,7,12-13H2,1-2H3. The lowest BCUT2D eigenvalue weighted by Gasteiger charge is -2.25. The Labute approximate surface area is 154 Å². The van der Waals surface area contributed by atoms with Gasteiger partial charge in [-0.1, -0.05) is 35.9 Å². The predicted molar refractivity (Wildman–Crippen MR) is 101 cm³/mol. The van der Waals surface area contributed by atoms with Gasteiger partial charge in [-0.05, 0) is 61.1 Å². The highest BCUT2D eigenvalue weighted by Crippen LogP contribution is 2.33. The molecule has 1 heterocycles. The van der Waals surface area contributed by atoms with Crippen molar-refractivity contribution < 1.29 is 9.53 Å². The third kappa shape index (κ3) is 4.16. The lowest BCUT2D eigenvalue weighted by molar-refractivity contribution is -0.132. The van der Waals surface area contributed by atoms with E-state index in [2.05, 4.69) is 18.2 Å². The number of amides is 1. The van der Waals surface area contributed by atoms with E-state index in [0.29, 0.717) is 6.42 Å². The summed E-state index contributed by atoms with van der Waals surface area (Å²) < 4.78 is 5.22. The number of carbonyl (C=O) groups excluding carboxylic acids is 1. The molecule has 1 aliphatic heterocycles. The molecule has 3 nitrogen and oxygen atoms in total. The highest BCUT2D eigenvalue weighted by Gasteiger charge is 2.29. The number of ether oxygens (including phenoxy) is 1. The predicted octanol–water partition coefficient (Wildman–Crippen LogP) is 4.95. The van der Waals surface area contributed by atoms with Gasteiger partial charge in [0.05, 0.1) is 13.2 Å². The molecule has 1 aliphatic rings. The summed E-state index contributed by atoms with van der Waals surface area (Å²) >= 11 is 6.18. The van der Waals surface area contributed by atoms with Crippen LogP contribution in [0.5, 0.6) is 5.75 Å². The first-order chi connectivity index (χ1) is 12.1. The maximum atomic E-state index is 12.7. The van der Waals surface area contributed by atoms with Crippen molar-refractivity contribution in [3.8, 4) is 5.75 Å². The number of methoxy groups -OCH3 is 1. The number of rotatable bonds is 5. The molecule has 132 valence electrons. The molecular formula is C21H24ClNO2. The van der Waals surface area contributed by atoms with Crippen LogP contribution < -0.4 is 4.74 Å². The van der Waals surface area contributed by atoms with Gasteiger partial charge in [0.15, 0.2) is 0 Å². The van der Waals surface area contributed by atoms with Gasteiger partial charge in [-0.2, -0.15) is 0 Å². The van der Waals surface area contributed by atoms with E-state index in [0.717, 1.165) is 47.7 Å². The summed E-state index contributed by atoms with van der Waals surface area (Å²) in [6.45, 7) is 2.82. The average molecular weight is 358 g/mol. The SMILES string of the molecule is COc1ccc(C2CCCN2C(=O)CCc2ccc(C)c(Cl)c2)cc1. The number of likely N-dealkylation sites (tertiary alicyclic amines) is 1. The number of halogens is 1. The van der Waals surface area contributed by atoms with Crippen LogP contribution in [-0.4, -0.2) is 24.5 Å². The normalized spacial score (nSPS) is 16.9. The van der Waals surface area contributed by atoms with Crippen molar-refractivity contribution in [2.45, 2.75) is 38.6 Å². The number of hydrogen-bond acceptors (Lipinski definition) is 2. The summed E-state index contributed by atoms with van der Waals surface area (Å²) in [6, 6.07) is 14.3. The van der Waals surface area contributed by atoms with Crippen LogP contribution in [0.4, 0.5) is 0 Å². The van der Waals surface area contributed by atoms with Crippen molar-refractivity contribution in [2.24, 2.45) is 0 Å². The Morgan fingerprint density at radius 1 is 1.24 bits per heavy atom. The van der Waals surface area contributed by atoms with Gasteiger partial charge in [0.25, 0.3) is 0 Å². The molecule has 0 saturated carbocycles. The minimum absolute atomic E-state index is 0.181. The Morgan fingerprint density at radius 3 is 2.68 bits per heavy atom. The molecule has 0 bridgehead atoms. The first-order valence-electron chi connectivity index (χ1n) is 8.77. The molecular weight excluding hydrogens is 334 g/mol. The molecule has 2 aromatic carbocycles. The molecule has 2 aromatic rings. The van der Waals surface area contributed by atoms with Crippen LogP contribution >= 0.6 is 11.6 Å². The van der Waals surface area contributed by atoms with E-state index in [1.807, 2.05) is 36.1 Å². The van der Waals surface area contributed by atoms with Crippen LogP contribution in [0, 0.1) is 6.92 Å². The summed E-state index contributed by atoms with van der Waals surface area (Å²) in [5.41, 5.74) is 3.37. The lowest BCUT2D eigenvalue weighted by atomic mass is 10.0. The zero-order chi connectivity index (χ0) is 17.8. The van der Waals surface area contributed by atoms with Gasteiger partial charge in [0.1, 0.15) is 5.75 Å². The largest absolute Gasteiger partial charge is 0.497 e. The van der Waals surface area contributed by atoms with Crippen molar-refractivity contribution >= 4 is 17.5 Å². The van der Waals surface area contributed by atoms with E-state index >= 15 is 0 Å². The second-order valence-corrected chi connectivity index (χ2v) is 7.01. The summed E-state index contributed by atoms with van der Waals surface area (Å²) in [6.07, 6.45) is 3.32. The van der Waals surface area contributed by atoms with E-state index in [4.69, 9.17) is 16.3 Å². The fourth-order valence-electron chi connectivity index (χ4n) is 3.42. The Hall–Kier alpha value is -2.00. The number of hydrogen-bond donors (Lipinski definition) is 0. The zero-order valence-corrected chi connectivity index (χ0v) is 15.6. The average Bonchev–Trinajstić information content (AvgIpc) is 3.12. The first-order valence-corrected chi connectivity index (χ1v) is 9.14. The molecule has 1 atom stereocenters. The van der Waals surface area contributed by atoms with Crippen LogP contribution in [0.15, 0.2) is 42.5 Å². The van der Waals surface area contributed by atoms with Crippen molar-refractivity contribution in [3.05, 3.63) is 64.2 Å². The molecule has 0 aliphatic carbocycles. The third-order valence-electron chi connectivity index (χ3n) is 4.94. The van der Waals surface area contributed by atoms with Crippen molar-refractivity contribution in [2.75, 3.05) is 13.7 Å². The topological polar surface area (TPSA) is 29.5 Å². The van der Waals surface area contributed by atoms with E-state index in [1.54, 1.807) is 7.11 Å². The third-order valence-corrected chi connectivity index (χ3v) is 5.34. The molecule has 4 heteroatoms. The van der Waals surface area contributed by atoms with E-state index in [9.17, 15) is 4.79 Å². The van der Waals surface area contributed by atoms with Crippen molar-refractivity contribution in [1.82, 2.24) is 4.90 Å². The summed E-state index contributed by atoms with van der Waals surface area (Å²) in [5.74, 6) is 1.06. The molecule has 0 radical (unpaired) electrons. The summed E-state index contributed by atoms with van der Waals surface area (Å²) in [5, 5.41) is 0.766. The van der Waals surface area contributed by atoms with Gasteiger partial charge in [0.2, 0.25) is 5.91 Å². The Balaban J connectivity index is 1.64. The van der Waals surface area contributed by atoms with Gasteiger partial charge >= 0.3 is 0 Å². The molecule has 1 unspecified atom stereocenters. The van der Waals surface area contributed by atoms with Crippen LogP contribution in [-0.2, 0) is 11.2 Å². The first kappa shape index (κ1) is 17.8. The van der Waals surface area contributed by atoms with Gasteiger partial charge in [-0.15, -0.1) is 0 Å². The molecule has 3 rings (SSSR count). The fraction of sp³-hybridized carbons (Fsp3) is 0.381.